The minimum atomic E-state index is -3.70. The predicted octanol–water partition coefficient (Wildman–Crippen LogP) is 2.00. The Morgan fingerprint density at radius 1 is 1.24 bits per heavy atom. The number of aryl methyl sites for hydroxylation is 2. The molecule has 8 heteroatoms. The number of piperidine rings is 1. The number of nitrogens with one attached hydrogen (secondary N) is 1. The van der Waals surface area contributed by atoms with Gasteiger partial charge in [-0.25, -0.2) is 13.1 Å². The van der Waals surface area contributed by atoms with Crippen molar-refractivity contribution < 1.29 is 17.7 Å². The summed E-state index contributed by atoms with van der Waals surface area (Å²) in [5.41, 5.74) is 0.329. The third kappa shape index (κ3) is 4.06. The molecule has 140 valence electrons. The predicted molar refractivity (Wildman–Crippen MR) is 92.4 cm³/mol. The molecule has 7 nitrogen and oxygen atoms in total. The summed E-state index contributed by atoms with van der Waals surface area (Å²) in [5.74, 6) is 1.70. The van der Waals surface area contributed by atoms with E-state index in [9.17, 15) is 13.2 Å². The van der Waals surface area contributed by atoms with E-state index in [4.69, 9.17) is 4.52 Å². The summed E-state index contributed by atoms with van der Waals surface area (Å²) >= 11 is 0. The van der Waals surface area contributed by atoms with Crippen molar-refractivity contribution in [3.8, 4) is 0 Å². The topological polar surface area (TPSA) is 92.5 Å². The number of carbonyl (C=O) groups is 1. The maximum absolute atomic E-state index is 12.4. The van der Waals surface area contributed by atoms with Gasteiger partial charge in [-0.1, -0.05) is 24.4 Å². The quantitative estimate of drug-likeness (QED) is 0.857. The molecule has 3 rings (SSSR count). The first kappa shape index (κ1) is 18.4. The highest BCUT2D eigenvalue weighted by Crippen LogP contribution is 2.36. The fraction of sp³-hybridized carbons (Fsp3) is 0.765. The van der Waals surface area contributed by atoms with E-state index in [0.717, 1.165) is 25.4 Å². The Balaban J connectivity index is 1.51. The van der Waals surface area contributed by atoms with E-state index in [-0.39, 0.29) is 29.5 Å². The van der Waals surface area contributed by atoms with Crippen LogP contribution in [0.5, 0.6) is 0 Å². The molecule has 2 fully saturated rings. The van der Waals surface area contributed by atoms with Gasteiger partial charge in [0.25, 0.3) is 0 Å². The Labute approximate surface area is 149 Å². The average Bonchev–Trinajstić information content (AvgIpc) is 2.93. The second-order valence-corrected chi connectivity index (χ2v) is 8.94. The first-order chi connectivity index (χ1) is 11.9. The molecule has 1 aromatic rings. The first-order valence-electron chi connectivity index (χ1n) is 9.09. The third-order valence-corrected chi connectivity index (χ3v) is 7.22. The molecule has 0 spiro atoms. The Hall–Kier alpha value is -1.41. The molecule has 0 bridgehead atoms. The number of hydrogen-bond acceptors (Lipinski definition) is 5. The molecule has 2 heterocycles. The number of sulfonamides is 1. The van der Waals surface area contributed by atoms with E-state index in [1.165, 1.54) is 25.7 Å². The van der Waals surface area contributed by atoms with Crippen molar-refractivity contribution in [1.82, 2.24) is 14.8 Å². The minimum Gasteiger partial charge on any atom is -0.360 e. The molecular formula is C17H27N3O4S. The van der Waals surface area contributed by atoms with Crippen LogP contribution in [0.15, 0.2) is 9.42 Å². The Bertz CT molecular complexity index is 709. The van der Waals surface area contributed by atoms with Gasteiger partial charge in [0.05, 0.1) is 0 Å². The molecule has 2 aliphatic rings. The van der Waals surface area contributed by atoms with E-state index < -0.39 is 10.0 Å². The van der Waals surface area contributed by atoms with Gasteiger partial charge in [-0.3, -0.25) is 4.79 Å². The van der Waals surface area contributed by atoms with Gasteiger partial charge in [0.15, 0.2) is 5.76 Å². The number of nitrogens with zero attached hydrogens (tertiary/aromatic N) is 2. The molecule has 1 saturated heterocycles. The van der Waals surface area contributed by atoms with Crippen molar-refractivity contribution in [2.45, 2.75) is 57.3 Å². The molecule has 1 saturated carbocycles. The molecule has 0 unspecified atom stereocenters. The Morgan fingerprint density at radius 2 is 1.96 bits per heavy atom. The summed E-state index contributed by atoms with van der Waals surface area (Å²) < 4.78 is 32.1. The number of rotatable bonds is 5. The standard InChI is InChI=1S/C17H27N3O4S/c1-12-17(13(2)24-19-12)25(22,23)18-9-7-16(21)20-10-8-14-5-3-4-6-15(14)11-20/h14-15,18H,3-11H2,1-2H3/t14-,15-/m0/s1. The molecule has 1 aliphatic heterocycles. The molecule has 25 heavy (non-hydrogen) atoms. The average molecular weight is 369 g/mol. The van der Waals surface area contributed by atoms with Crippen LogP contribution in [0.3, 0.4) is 0 Å². The van der Waals surface area contributed by atoms with E-state index in [0.29, 0.717) is 11.6 Å². The van der Waals surface area contributed by atoms with Crippen molar-refractivity contribution in [1.29, 1.82) is 0 Å². The lowest BCUT2D eigenvalue weighted by atomic mass is 9.75. The van der Waals surface area contributed by atoms with Gasteiger partial charge in [0, 0.05) is 26.1 Å². The fourth-order valence-corrected chi connectivity index (χ4v) is 5.57. The number of likely N-dealkylation sites (tertiary alicyclic amines) is 1. The van der Waals surface area contributed by atoms with E-state index in [2.05, 4.69) is 9.88 Å². The van der Waals surface area contributed by atoms with E-state index in [1.807, 2.05) is 4.90 Å². The highest BCUT2D eigenvalue weighted by Gasteiger charge is 2.33. The van der Waals surface area contributed by atoms with Crippen LogP contribution in [0.4, 0.5) is 0 Å². The summed E-state index contributed by atoms with van der Waals surface area (Å²) in [6.45, 7) is 4.88. The van der Waals surface area contributed by atoms with Gasteiger partial charge in [0.2, 0.25) is 15.9 Å². The summed E-state index contributed by atoms with van der Waals surface area (Å²) in [6, 6.07) is 0. The first-order valence-corrected chi connectivity index (χ1v) is 10.6. The molecule has 1 aromatic heterocycles. The lowest BCUT2D eigenvalue weighted by molar-refractivity contribution is -0.134. The Kier molecular flexibility index (Phi) is 5.48. The zero-order valence-electron chi connectivity index (χ0n) is 15.0. The number of amides is 1. The number of carbonyl (C=O) groups excluding carboxylic acids is 1. The SMILES string of the molecule is Cc1noc(C)c1S(=O)(=O)NCCC(=O)N1CC[C@@H]2CCCC[C@H]2C1. The third-order valence-electron chi connectivity index (χ3n) is 5.51. The monoisotopic (exact) mass is 369 g/mol. The van der Waals surface area contributed by atoms with Gasteiger partial charge in [-0.2, -0.15) is 0 Å². The van der Waals surface area contributed by atoms with Gasteiger partial charge in [-0.05, 0) is 38.5 Å². The number of fused-ring (bicyclic) bond motifs is 1. The molecular weight excluding hydrogens is 342 g/mol. The second-order valence-electron chi connectivity index (χ2n) is 7.23. The number of aromatic nitrogens is 1. The van der Waals surface area contributed by atoms with Crippen LogP contribution in [-0.4, -0.2) is 44.0 Å². The van der Waals surface area contributed by atoms with Gasteiger partial charge in [-0.15, -0.1) is 0 Å². The molecule has 1 N–H and O–H groups in total. The van der Waals surface area contributed by atoms with Gasteiger partial charge in [0.1, 0.15) is 10.6 Å². The zero-order chi connectivity index (χ0) is 18.0. The smallest absolute Gasteiger partial charge is 0.245 e. The fourth-order valence-electron chi connectivity index (χ4n) is 4.21. The summed E-state index contributed by atoms with van der Waals surface area (Å²) in [5, 5.41) is 3.67. The van der Waals surface area contributed by atoms with Crippen LogP contribution in [0.25, 0.3) is 0 Å². The van der Waals surface area contributed by atoms with Crippen molar-refractivity contribution in [3.63, 3.8) is 0 Å². The van der Waals surface area contributed by atoms with Crippen LogP contribution >= 0.6 is 0 Å². The second kappa shape index (κ2) is 7.45. The molecule has 2 atom stereocenters. The van der Waals surface area contributed by atoms with Crippen LogP contribution in [0.1, 0.15) is 50.0 Å². The summed E-state index contributed by atoms with van der Waals surface area (Å²) in [4.78, 5) is 14.4. The van der Waals surface area contributed by atoms with E-state index >= 15 is 0 Å². The summed E-state index contributed by atoms with van der Waals surface area (Å²) in [6.07, 6.45) is 6.36. The summed E-state index contributed by atoms with van der Waals surface area (Å²) in [7, 11) is -3.70. The minimum absolute atomic E-state index is 0.0329. The van der Waals surface area contributed by atoms with Crippen LogP contribution in [-0.2, 0) is 14.8 Å². The molecule has 0 aromatic carbocycles. The maximum Gasteiger partial charge on any atom is 0.245 e. The largest absolute Gasteiger partial charge is 0.360 e. The normalized spacial score (nSPS) is 24.2. The van der Waals surface area contributed by atoms with Crippen LogP contribution in [0.2, 0.25) is 0 Å². The van der Waals surface area contributed by atoms with Crippen LogP contribution in [0, 0.1) is 25.7 Å². The van der Waals surface area contributed by atoms with Gasteiger partial charge >= 0.3 is 0 Å². The lowest BCUT2D eigenvalue weighted by Gasteiger charge is -2.41. The number of hydrogen-bond donors (Lipinski definition) is 1. The van der Waals surface area contributed by atoms with Crippen molar-refractivity contribution >= 4 is 15.9 Å². The van der Waals surface area contributed by atoms with Crippen LogP contribution < -0.4 is 4.72 Å². The molecule has 1 aliphatic carbocycles. The Morgan fingerprint density at radius 3 is 2.64 bits per heavy atom. The highest BCUT2D eigenvalue weighted by atomic mass is 32.2. The zero-order valence-corrected chi connectivity index (χ0v) is 15.8. The lowest BCUT2D eigenvalue weighted by Crippen LogP contribution is -2.45. The van der Waals surface area contributed by atoms with Crippen molar-refractivity contribution in [3.05, 3.63) is 11.5 Å². The van der Waals surface area contributed by atoms with Crippen molar-refractivity contribution in [2.75, 3.05) is 19.6 Å². The maximum atomic E-state index is 12.4. The molecule has 0 radical (unpaired) electrons. The molecule has 1 amide bonds. The van der Waals surface area contributed by atoms with E-state index in [1.54, 1.807) is 13.8 Å². The highest BCUT2D eigenvalue weighted by molar-refractivity contribution is 7.89. The van der Waals surface area contributed by atoms with Crippen molar-refractivity contribution in [2.24, 2.45) is 11.8 Å². The van der Waals surface area contributed by atoms with Gasteiger partial charge < -0.3 is 9.42 Å².